The number of carboxylic acid groups (broad SMARTS) is 2. The van der Waals surface area contributed by atoms with Crippen molar-refractivity contribution in [3.8, 4) is 0 Å². The third-order valence-corrected chi connectivity index (χ3v) is 3.01. The van der Waals surface area contributed by atoms with Gasteiger partial charge >= 0.3 is 11.9 Å². The van der Waals surface area contributed by atoms with Gasteiger partial charge in [-0.3, -0.25) is 0 Å². The van der Waals surface area contributed by atoms with Gasteiger partial charge < -0.3 is 10.2 Å². The summed E-state index contributed by atoms with van der Waals surface area (Å²) < 4.78 is 0. The van der Waals surface area contributed by atoms with Crippen LogP contribution < -0.4 is 0 Å². The van der Waals surface area contributed by atoms with Crippen LogP contribution in [0.3, 0.4) is 0 Å². The highest BCUT2D eigenvalue weighted by Gasteiger charge is 2.12. The molecule has 0 unspecified atom stereocenters. The van der Waals surface area contributed by atoms with E-state index >= 15 is 0 Å². The van der Waals surface area contributed by atoms with Crippen molar-refractivity contribution in [1.29, 1.82) is 0 Å². The molecular weight excluding hydrogens is 256 g/mol. The monoisotopic (exact) mass is 274 g/mol. The third-order valence-electron chi connectivity index (χ3n) is 3.01. The predicted octanol–water partition coefficient (Wildman–Crippen LogP) is 3.44. The molecule has 0 aliphatic carbocycles. The Kier molecular flexibility index (Phi) is 5.72. The second kappa shape index (κ2) is 7.28. The van der Waals surface area contributed by atoms with Crippen molar-refractivity contribution in [1.82, 2.24) is 0 Å². The summed E-state index contributed by atoms with van der Waals surface area (Å²) in [5.41, 5.74) is 2.86. The topological polar surface area (TPSA) is 74.6 Å². The smallest absolute Gasteiger partial charge is 0.331 e. The molecule has 4 nitrogen and oxygen atoms in total. The van der Waals surface area contributed by atoms with Crippen LogP contribution in [-0.2, 0) is 9.59 Å². The van der Waals surface area contributed by atoms with Crippen LogP contribution in [-0.4, -0.2) is 22.2 Å². The van der Waals surface area contributed by atoms with Crippen molar-refractivity contribution in [2.75, 3.05) is 0 Å². The first-order valence-corrected chi connectivity index (χ1v) is 6.46. The van der Waals surface area contributed by atoms with Crippen molar-refractivity contribution in [3.63, 3.8) is 0 Å². The van der Waals surface area contributed by atoms with Gasteiger partial charge in [-0.25, -0.2) is 9.59 Å². The molecule has 0 aliphatic heterocycles. The Bertz CT molecular complexity index is 550. The van der Waals surface area contributed by atoms with E-state index in [-0.39, 0.29) is 0 Å². The highest BCUT2D eigenvalue weighted by Crippen LogP contribution is 2.25. The van der Waals surface area contributed by atoms with E-state index < -0.39 is 11.9 Å². The molecule has 1 aromatic carbocycles. The molecule has 0 aliphatic rings. The van der Waals surface area contributed by atoms with Gasteiger partial charge in [-0.2, -0.15) is 0 Å². The lowest BCUT2D eigenvalue weighted by Crippen LogP contribution is -2.03. The van der Waals surface area contributed by atoms with Gasteiger partial charge in [0.15, 0.2) is 0 Å². The maximum Gasteiger partial charge on any atom is 0.331 e. The van der Waals surface area contributed by atoms with Crippen LogP contribution >= 0.6 is 0 Å². The fourth-order valence-corrected chi connectivity index (χ4v) is 2.05. The summed E-state index contributed by atoms with van der Waals surface area (Å²) in [4.78, 5) is 21.7. The summed E-state index contributed by atoms with van der Waals surface area (Å²) in [6.07, 6.45) is 3.68. The number of aliphatic carboxylic acids is 2. The Balaban J connectivity index is 3.13. The van der Waals surface area contributed by atoms with E-state index in [2.05, 4.69) is 0 Å². The molecule has 0 saturated carbocycles. The molecule has 0 aromatic heterocycles. The number of carboxylic acids is 2. The van der Waals surface area contributed by atoms with Crippen LogP contribution in [0.2, 0.25) is 0 Å². The van der Waals surface area contributed by atoms with Crippen LogP contribution in [0.4, 0.5) is 0 Å². The molecule has 0 spiro atoms. The van der Waals surface area contributed by atoms with E-state index in [1.54, 1.807) is 12.1 Å². The number of allylic oxidation sites excluding steroid dienone is 1. The highest BCUT2D eigenvalue weighted by molar-refractivity contribution is 5.96. The highest BCUT2D eigenvalue weighted by atomic mass is 16.4. The fraction of sp³-hybridized carbons (Fsp3) is 0.250. The quantitative estimate of drug-likeness (QED) is 0.779. The Morgan fingerprint density at radius 2 is 1.65 bits per heavy atom. The van der Waals surface area contributed by atoms with Gasteiger partial charge in [0.2, 0.25) is 0 Å². The summed E-state index contributed by atoms with van der Waals surface area (Å²) in [6, 6.07) is 7.19. The molecule has 0 atom stereocenters. The number of hydrogen-bond acceptors (Lipinski definition) is 2. The summed E-state index contributed by atoms with van der Waals surface area (Å²) >= 11 is 0. The van der Waals surface area contributed by atoms with Crippen LogP contribution in [0.15, 0.2) is 35.9 Å². The maximum atomic E-state index is 11.2. The van der Waals surface area contributed by atoms with Crippen LogP contribution in [0.1, 0.15) is 37.8 Å². The van der Waals surface area contributed by atoms with Crippen molar-refractivity contribution >= 4 is 23.6 Å². The molecule has 0 fully saturated rings. The third kappa shape index (κ3) is 4.09. The largest absolute Gasteiger partial charge is 0.478 e. The Labute approximate surface area is 118 Å². The fourth-order valence-electron chi connectivity index (χ4n) is 2.05. The molecule has 2 N–H and O–H groups in total. The molecule has 0 saturated heterocycles. The normalized spacial score (nSPS) is 12.3. The minimum Gasteiger partial charge on any atom is -0.478 e. The van der Waals surface area contributed by atoms with E-state index in [4.69, 9.17) is 5.11 Å². The summed E-state index contributed by atoms with van der Waals surface area (Å²) in [7, 11) is 0. The van der Waals surface area contributed by atoms with Gasteiger partial charge in [-0.15, -0.1) is 0 Å². The number of benzene rings is 1. The summed E-state index contributed by atoms with van der Waals surface area (Å²) in [6.45, 7) is 3.75. The minimum atomic E-state index is -0.998. The van der Waals surface area contributed by atoms with E-state index in [1.165, 1.54) is 6.08 Å². The van der Waals surface area contributed by atoms with Gasteiger partial charge in [0.25, 0.3) is 0 Å². The number of hydrogen-bond donors (Lipinski definition) is 2. The maximum absolute atomic E-state index is 11.2. The van der Waals surface area contributed by atoms with Gasteiger partial charge in [0, 0.05) is 11.6 Å². The van der Waals surface area contributed by atoms with Gasteiger partial charge in [0.05, 0.1) is 0 Å². The number of rotatable bonds is 6. The van der Waals surface area contributed by atoms with Crippen molar-refractivity contribution in [3.05, 3.63) is 47.0 Å². The van der Waals surface area contributed by atoms with Crippen molar-refractivity contribution < 1.29 is 19.8 Å². The molecule has 0 amide bonds. The Morgan fingerprint density at radius 1 is 1.05 bits per heavy atom. The second-order valence-corrected chi connectivity index (χ2v) is 4.26. The average molecular weight is 274 g/mol. The minimum absolute atomic E-state index is 0.418. The molecule has 0 radical (unpaired) electrons. The first-order chi connectivity index (χ1) is 9.49. The molecular formula is C16H18O4. The molecule has 0 heterocycles. The van der Waals surface area contributed by atoms with Crippen molar-refractivity contribution in [2.45, 2.75) is 26.7 Å². The lowest BCUT2D eigenvalue weighted by Gasteiger charge is -2.10. The first-order valence-electron chi connectivity index (χ1n) is 6.46. The van der Waals surface area contributed by atoms with Gasteiger partial charge in [0.1, 0.15) is 0 Å². The molecule has 20 heavy (non-hydrogen) atoms. The van der Waals surface area contributed by atoms with Gasteiger partial charge in [-0.1, -0.05) is 38.1 Å². The lowest BCUT2D eigenvalue weighted by molar-refractivity contribution is -0.133. The summed E-state index contributed by atoms with van der Waals surface area (Å²) in [5, 5.41) is 17.8. The predicted molar refractivity (Wildman–Crippen MR) is 78.2 cm³/mol. The van der Waals surface area contributed by atoms with Crippen LogP contribution in [0, 0.1) is 0 Å². The second-order valence-electron chi connectivity index (χ2n) is 4.26. The van der Waals surface area contributed by atoms with Crippen molar-refractivity contribution in [2.24, 2.45) is 0 Å². The van der Waals surface area contributed by atoms with Crippen LogP contribution in [0.5, 0.6) is 0 Å². The zero-order valence-electron chi connectivity index (χ0n) is 11.6. The Hall–Kier alpha value is -2.36. The molecule has 0 bridgehead atoms. The van der Waals surface area contributed by atoms with E-state index in [0.717, 1.165) is 22.8 Å². The lowest BCUT2D eigenvalue weighted by atomic mass is 9.95. The van der Waals surface area contributed by atoms with E-state index in [9.17, 15) is 14.7 Å². The zero-order valence-corrected chi connectivity index (χ0v) is 11.6. The number of carbonyl (C=O) groups is 2. The van der Waals surface area contributed by atoms with Crippen LogP contribution in [0.25, 0.3) is 11.6 Å². The van der Waals surface area contributed by atoms with E-state index in [1.807, 2.05) is 26.0 Å². The molecule has 1 rings (SSSR count). The average Bonchev–Trinajstić information content (AvgIpc) is 2.42. The standard InChI is InChI=1S/C16H18O4/c1-3-13(14(4-2)16(19)20)12-8-5-11(6-9-12)7-10-15(17)18/h5-10H,3-4H2,1-2H3,(H,17,18)(H,19,20). The molecule has 106 valence electrons. The molecule has 1 aromatic rings. The summed E-state index contributed by atoms with van der Waals surface area (Å²) in [5.74, 6) is -1.89. The molecule has 4 heteroatoms. The Morgan fingerprint density at radius 3 is 2.05 bits per heavy atom. The van der Waals surface area contributed by atoms with Gasteiger partial charge in [-0.05, 0) is 35.6 Å². The first kappa shape index (κ1) is 15.7. The zero-order chi connectivity index (χ0) is 15.1. The van der Waals surface area contributed by atoms with E-state index in [0.29, 0.717) is 18.4 Å². The SMILES string of the molecule is CCC(C(=O)O)=C(CC)c1ccc(C=CC(=O)O)cc1.